The number of rotatable bonds is 2. The molecule has 5 heteroatoms. The molecule has 1 aliphatic heterocycles. The molecule has 5 nitrogen and oxygen atoms in total. The zero-order valence-corrected chi connectivity index (χ0v) is 9.32. The predicted molar refractivity (Wildman–Crippen MR) is 58.5 cm³/mol. The van der Waals surface area contributed by atoms with E-state index < -0.39 is 0 Å². The van der Waals surface area contributed by atoms with Crippen molar-refractivity contribution in [2.45, 2.75) is 6.92 Å². The van der Waals surface area contributed by atoms with E-state index in [1.165, 1.54) is 0 Å². The Balaban J connectivity index is 2.22. The molecule has 1 aromatic heterocycles. The van der Waals surface area contributed by atoms with Crippen molar-refractivity contribution < 1.29 is 4.52 Å². The van der Waals surface area contributed by atoms with Crippen LogP contribution in [0, 0.1) is 5.92 Å². The highest BCUT2D eigenvalue weighted by molar-refractivity contribution is 5.61. The van der Waals surface area contributed by atoms with Gasteiger partial charge in [-0.05, 0) is 18.1 Å². The summed E-state index contributed by atoms with van der Waals surface area (Å²) < 4.78 is 5.17. The molecule has 82 valence electrons. The fraction of sp³-hybridized carbons (Fsp3) is 0.600. The lowest BCUT2D eigenvalue weighted by atomic mass is 10.0. The quantitative estimate of drug-likeness (QED) is 0.788. The van der Waals surface area contributed by atoms with E-state index >= 15 is 0 Å². The highest BCUT2D eigenvalue weighted by Crippen LogP contribution is 2.21. The van der Waals surface area contributed by atoms with Gasteiger partial charge >= 0.3 is 0 Å². The molecule has 1 N–H and O–H groups in total. The molecule has 1 aliphatic rings. The van der Waals surface area contributed by atoms with Crippen LogP contribution >= 0.6 is 0 Å². The lowest BCUT2D eigenvalue weighted by molar-refractivity contribution is 0.321. The first-order valence-electron chi connectivity index (χ1n) is 5.10. The first kappa shape index (κ1) is 10.2. The Morgan fingerprint density at radius 2 is 2.40 bits per heavy atom. The van der Waals surface area contributed by atoms with E-state index in [9.17, 15) is 0 Å². The van der Waals surface area contributed by atoms with Crippen LogP contribution in [0.1, 0.15) is 12.8 Å². The van der Waals surface area contributed by atoms with Crippen LogP contribution in [0.15, 0.2) is 10.6 Å². The van der Waals surface area contributed by atoms with Gasteiger partial charge in [0, 0.05) is 25.7 Å². The number of likely N-dealkylation sites (N-methyl/N-ethyl adjacent to an activating group) is 1. The van der Waals surface area contributed by atoms with Crippen molar-refractivity contribution in [2.24, 2.45) is 5.92 Å². The van der Waals surface area contributed by atoms with Gasteiger partial charge in [0.25, 0.3) is 11.8 Å². The molecule has 0 aromatic carbocycles. The van der Waals surface area contributed by atoms with Gasteiger partial charge in [0.15, 0.2) is 0 Å². The van der Waals surface area contributed by atoms with Crippen LogP contribution in [0.25, 0.3) is 5.57 Å². The Hall–Kier alpha value is -1.36. The Kier molecular flexibility index (Phi) is 2.73. The number of aromatic nitrogens is 2. The molecule has 1 aromatic rings. The molecule has 0 saturated carbocycles. The van der Waals surface area contributed by atoms with E-state index in [1.54, 1.807) is 7.05 Å². The average Bonchev–Trinajstić information content (AvgIpc) is 2.64. The van der Waals surface area contributed by atoms with Gasteiger partial charge in [-0.15, -0.1) is 0 Å². The van der Waals surface area contributed by atoms with Crippen LogP contribution in [0.4, 0.5) is 5.95 Å². The topological polar surface area (TPSA) is 54.2 Å². The van der Waals surface area contributed by atoms with E-state index in [2.05, 4.69) is 40.4 Å². The van der Waals surface area contributed by atoms with E-state index in [0.717, 1.165) is 18.7 Å². The van der Waals surface area contributed by atoms with E-state index in [-0.39, 0.29) is 0 Å². The van der Waals surface area contributed by atoms with Crippen molar-refractivity contribution >= 4 is 11.5 Å². The zero-order valence-electron chi connectivity index (χ0n) is 9.32. The normalized spacial score (nSPS) is 22.6. The highest BCUT2D eigenvalue weighted by atomic mass is 16.5. The Morgan fingerprint density at radius 1 is 1.60 bits per heavy atom. The maximum absolute atomic E-state index is 5.17. The minimum Gasteiger partial charge on any atom is -0.355 e. The Morgan fingerprint density at radius 3 is 3.00 bits per heavy atom. The molecule has 0 saturated heterocycles. The van der Waals surface area contributed by atoms with Crippen LogP contribution in [0.5, 0.6) is 0 Å². The summed E-state index contributed by atoms with van der Waals surface area (Å²) in [6.45, 7) is 4.14. The third kappa shape index (κ3) is 2.18. The maximum atomic E-state index is 5.17. The molecule has 0 amide bonds. The van der Waals surface area contributed by atoms with E-state index in [4.69, 9.17) is 4.52 Å². The minimum atomic E-state index is 0.531. The van der Waals surface area contributed by atoms with Crippen molar-refractivity contribution in [1.29, 1.82) is 0 Å². The molecule has 2 heterocycles. The predicted octanol–water partition coefficient (Wildman–Crippen LogP) is 1.08. The fourth-order valence-corrected chi connectivity index (χ4v) is 1.89. The van der Waals surface area contributed by atoms with Crippen molar-refractivity contribution in [3.8, 4) is 0 Å². The van der Waals surface area contributed by atoms with Gasteiger partial charge in [-0.1, -0.05) is 13.0 Å². The van der Waals surface area contributed by atoms with Crippen LogP contribution in [0.2, 0.25) is 0 Å². The Labute approximate surface area is 89.2 Å². The van der Waals surface area contributed by atoms with Crippen molar-refractivity contribution in [3.63, 3.8) is 0 Å². The summed E-state index contributed by atoms with van der Waals surface area (Å²) in [7, 11) is 3.87. The molecule has 1 atom stereocenters. The summed E-state index contributed by atoms with van der Waals surface area (Å²) in [5, 5.41) is 6.66. The van der Waals surface area contributed by atoms with E-state index in [0.29, 0.717) is 17.8 Å². The van der Waals surface area contributed by atoms with Gasteiger partial charge in [0.1, 0.15) is 0 Å². The number of hydrogen-bond donors (Lipinski definition) is 1. The van der Waals surface area contributed by atoms with E-state index in [1.807, 2.05) is 0 Å². The van der Waals surface area contributed by atoms with Gasteiger partial charge in [-0.2, -0.15) is 4.98 Å². The van der Waals surface area contributed by atoms with Crippen molar-refractivity contribution in [3.05, 3.63) is 12.0 Å². The zero-order chi connectivity index (χ0) is 10.8. The number of hydrogen-bond acceptors (Lipinski definition) is 5. The monoisotopic (exact) mass is 208 g/mol. The summed E-state index contributed by atoms with van der Waals surface area (Å²) in [6, 6.07) is 0. The summed E-state index contributed by atoms with van der Waals surface area (Å²) in [5.74, 6) is 1.69. The minimum absolute atomic E-state index is 0.531. The lowest BCUT2D eigenvalue weighted by Gasteiger charge is -2.25. The molecule has 0 bridgehead atoms. The molecular formula is C10H16N4O. The molecular weight excluding hydrogens is 192 g/mol. The van der Waals surface area contributed by atoms with Gasteiger partial charge in [0.05, 0.1) is 0 Å². The standard InChI is InChI=1S/C10H16N4O/c1-7-4-8(6-14(3)5-7)9-12-10(11-2)13-15-9/h4,7H,5-6H2,1-3H3,(H,11,13). The van der Waals surface area contributed by atoms with Crippen LogP contribution in [-0.2, 0) is 0 Å². The average molecular weight is 208 g/mol. The molecule has 0 aliphatic carbocycles. The number of anilines is 1. The first-order chi connectivity index (χ1) is 7.19. The molecule has 0 radical (unpaired) electrons. The smallest absolute Gasteiger partial charge is 0.263 e. The largest absolute Gasteiger partial charge is 0.355 e. The van der Waals surface area contributed by atoms with Crippen molar-refractivity contribution in [1.82, 2.24) is 15.0 Å². The van der Waals surface area contributed by atoms with Gasteiger partial charge in [-0.3, -0.25) is 0 Å². The molecule has 2 rings (SSSR count). The number of nitrogens with zero attached hydrogens (tertiary/aromatic N) is 3. The fourth-order valence-electron chi connectivity index (χ4n) is 1.89. The summed E-state index contributed by atoms with van der Waals surface area (Å²) >= 11 is 0. The van der Waals surface area contributed by atoms with Gasteiger partial charge in [0.2, 0.25) is 0 Å². The second-order valence-electron chi connectivity index (χ2n) is 4.04. The number of nitrogens with one attached hydrogen (secondary N) is 1. The van der Waals surface area contributed by atoms with Gasteiger partial charge in [-0.25, -0.2) is 0 Å². The maximum Gasteiger partial charge on any atom is 0.263 e. The van der Waals surface area contributed by atoms with Crippen LogP contribution in [-0.4, -0.2) is 42.2 Å². The van der Waals surface area contributed by atoms with Gasteiger partial charge < -0.3 is 14.7 Å². The first-order valence-corrected chi connectivity index (χ1v) is 5.10. The second-order valence-corrected chi connectivity index (χ2v) is 4.04. The summed E-state index contributed by atoms with van der Waals surface area (Å²) in [5.41, 5.74) is 1.12. The van der Waals surface area contributed by atoms with Crippen LogP contribution < -0.4 is 5.32 Å². The molecule has 15 heavy (non-hydrogen) atoms. The van der Waals surface area contributed by atoms with Crippen LogP contribution in [0.3, 0.4) is 0 Å². The lowest BCUT2D eigenvalue weighted by Crippen LogP contribution is -2.29. The third-order valence-corrected chi connectivity index (χ3v) is 2.45. The van der Waals surface area contributed by atoms with Crippen molar-refractivity contribution in [2.75, 3.05) is 32.5 Å². The SMILES string of the molecule is CNc1noc(C2=CC(C)CN(C)C2)n1. The third-order valence-electron chi connectivity index (χ3n) is 2.45. The summed E-state index contributed by atoms with van der Waals surface area (Å²) in [4.78, 5) is 6.49. The molecule has 0 spiro atoms. The Bertz CT molecular complexity index is 371. The second kappa shape index (κ2) is 4.02. The molecule has 1 unspecified atom stereocenters. The molecule has 0 fully saturated rings. The summed E-state index contributed by atoms with van der Waals surface area (Å²) in [6.07, 6.45) is 2.20. The highest BCUT2D eigenvalue weighted by Gasteiger charge is 2.19.